The van der Waals surface area contributed by atoms with E-state index in [1.165, 1.54) is 18.4 Å². The van der Waals surface area contributed by atoms with Crippen molar-refractivity contribution in [3.63, 3.8) is 0 Å². The summed E-state index contributed by atoms with van der Waals surface area (Å²) in [4.78, 5) is 12.2. The molecule has 0 heterocycles. The van der Waals surface area contributed by atoms with E-state index in [0.717, 1.165) is 19.3 Å². The first-order valence-corrected chi connectivity index (χ1v) is 6.81. The van der Waals surface area contributed by atoms with Crippen molar-refractivity contribution in [1.82, 2.24) is 10.6 Å². The molecular weight excluding hydrogens is 260 g/mol. The van der Waals surface area contributed by atoms with E-state index in [9.17, 15) is 4.79 Å². The molecule has 0 saturated heterocycles. The Labute approximate surface area is 121 Å². The Hall–Kier alpha value is -1.06. The Bertz CT molecular complexity index is 377. The van der Waals surface area contributed by atoms with Crippen molar-refractivity contribution >= 4 is 18.3 Å². The number of carbonyl (C=O) groups excluding carboxylic acids is 1. The van der Waals surface area contributed by atoms with Gasteiger partial charge in [0.05, 0.1) is 6.04 Å². The van der Waals surface area contributed by atoms with Crippen LogP contribution in [0.15, 0.2) is 30.3 Å². The second-order valence-electron chi connectivity index (χ2n) is 5.02. The van der Waals surface area contributed by atoms with Crippen LogP contribution in [-0.2, 0) is 11.2 Å². The molecule has 0 bridgehead atoms. The summed E-state index contributed by atoms with van der Waals surface area (Å²) in [6.07, 6.45) is 5.50. The van der Waals surface area contributed by atoms with Gasteiger partial charge in [-0.05, 0) is 31.9 Å². The second-order valence-corrected chi connectivity index (χ2v) is 5.02. The first-order chi connectivity index (χ1) is 8.79. The standard InChI is InChI=1S/C15H22N2O.ClH/c1-16-14(11-12-7-3-2-4-8-12)15(18)17-13-9-5-6-10-13;/h2-4,7-8,13-14,16H,5-6,9-11H2,1H3,(H,17,18);1H. The monoisotopic (exact) mass is 282 g/mol. The number of hydrogen-bond donors (Lipinski definition) is 2. The van der Waals surface area contributed by atoms with Gasteiger partial charge in [-0.15, -0.1) is 12.4 Å². The van der Waals surface area contributed by atoms with Crippen molar-refractivity contribution in [2.24, 2.45) is 0 Å². The van der Waals surface area contributed by atoms with Crippen LogP contribution in [0.2, 0.25) is 0 Å². The van der Waals surface area contributed by atoms with Gasteiger partial charge in [-0.25, -0.2) is 0 Å². The maximum atomic E-state index is 12.2. The van der Waals surface area contributed by atoms with E-state index in [-0.39, 0.29) is 24.4 Å². The van der Waals surface area contributed by atoms with Crippen LogP contribution < -0.4 is 10.6 Å². The summed E-state index contributed by atoms with van der Waals surface area (Å²) in [5.74, 6) is 0.133. The number of benzene rings is 1. The average molecular weight is 283 g/mol. The predicted octanol–water partition coefficient (Wildman–Crippen LogP) is 2.30. The minimum absolute atomic E-state index is 0. The van der Waals surface area contributed by atoms with Gasteiger partial charge < -0.3 is 10.6 Å². The quantitative estimate of drug-likeness (QED) is 0.870. The van der Waals surface area contributed by atoms with E-state index in [1.807, 2.05) is 25.2 Å². The molecule has 1 aliphatic carbocycles. The zero-order valence-corrected chi connectivity index (χ0v) is 12.2. The molecule has 0 aromatic heterocycles. The molecule has 1 amide bonds. The number of nitrogens with one attached hydrogen (secondary N) is 2. The highest BCUT2D eigenvalue weighted by atomic mass is 35.5. The molecule has 106 valence electrons. The molecule has 19 heavy (non-hydrogen) atoms. The Kier molecular flexibility index (Phi) is 6.89. The molecule has 1 aromatic carbocycles. The highest BCUT2D eigenvalue weighted by molar-refractivity contribution is 5.85. The molecule has 1 saturated carbocycles. The summed E-state index contributed by atoms with van der Waals surface area (Å²) < 4.78 is 0. The van der Waals surface area contributed by atoms with Crippen LogP contribution in [0.3, 0.4) is 0 Å². The average Bonchev–Trinajstić information content (AvgIpc) is 2.90. The van der Waals surface area contributed by atoms with E-state index in [4.69, 9.17) is 0 Å². The Morgan fingerprint density at radius 1 is 1.26 bits per heavy atom. The van der Waals surface area contributed by atoms with Crippen molar-refractivity contribution < 1.29 is 4.79 Å². The summed E-state index contributed by atoms with van der Waals surface area (Å²) in [5.41, 5.74) is 1.19. The lowest BCUT2D eigenvalue weighted by Crippen LogP contribution is -2.47. The van der Waals surface area contributed by atoms with Crippen molar-refractivity contribution in [1.29, 1.82) is 0 Å². The maximum Gasteiger partial charge on any atom is 0.237 e. The van der Waals surface area contributed by atoms with Gasteiger partial charge in [-0.1, -0.05) is 43.2 Å². The summed E-state index contributed by atoms with van der Waals surface area (Å²) >= 11 is 0. The van der Waals surface area contributed by atoms with Crippen LogP contribution in [0.1, 0.15) is 31.2 Å². The van der Waals surface area contributed by atoms with Gasteiger partial charge in [-0.3, -0.25) is 4.79 Å². The van der Waals surface area contributed by atoms with Crippen LogP contribution in [0.4, 0.5) is 0 Å². The van der Waals surface area contributed by atoms with Gasteiger partial charge in [0.25, 0.3) is 0 Å². The van der Waals surface area contributed by atoms with Crippen LogP contribution >= 0.6 is 12.4 Å². The SMILES string of the molecule is CNC(Cc1ccccc1)C(=O)NC1CCCC1.Cl. The van der Waals surface area contributed by atoms with Gasteiger partial charge >= 0.3 is 0 Å². The normalized spacial score (nSPS) is 16.7. The molecule has 0 aliphatic heterocycles. The largest absolute Gasteiger partial charge is 0.352 e. The van der Waals surface area contributed by atoms with E-state index >= 15 is 0 Å². The first-order valence-electron chi connectivity index (χ1n) is 6.81. The van der Waals surface area contributed by atoms with Crippen molar-refractivity contribution in [3.8, 4) is 0 Å². The predicted molar refractivity (Wildman–Crippen MR) is 80.6 cm³/mol. The molecule has 1 atom stereocenters. The van der Waals surface area contributed by atoms with E-state index in [0.29, 0.717) is 6.04 Å². The smallest absolute Gasteiger partial charge is 0.237 e. The molecule has 2 rings (SSSR count). The Morgan fingerprint density at radius 2 is 1.89 bits per heavy atom. The Balaban J connectivity index is 0.00000180. The van der Waals surface area contributed by atoms with Gasteiger partial charge in [-0.2, -0.15) is 0 Å². The van der Waals surface area contributed by atoms with Crippen LogP contribution in [0.25, 0.3) is 0 Å². The van der Waals surface area contributed by atoms with Gasteiger partial charge in [0.1, 0.15) is 0 Å². The van der Waals surface area contributed by atoms with E-state index in [2.05, 4.69) is 22.8 Å². The highest BCUT2D eigenvalue weighted by Gasteiger charge is 2.22. The molecule has 2 N–H and O–H groups in total. The molecule has 3 nitrogen and oxygen atoms in total. The second kappa shape index (κ2) is 8.18. The number of carbonyl (C=O) groups is 1. The number of amides is 1. The number of halogens is 1. The van der Waals surface area contributed by atoms with Gasteiger partial charge in [0.15, 0.2) is 0 Å². The number of rotatable bonds is 5. The molecule has 1 fully saturated rings. The highest BCUT2D eigenvalue weighted by Crippen LogP contribution is 2.17. The molecular formula is C15H23ClN2O. The summed E-state index contributed by atoms with van der Waals surface area (Å²) in [6.45, 7) is 0. The molecule has 0 spiro atoms. The fourth-order valence-corrected chi connectivity index (χ4v) is 2.55. The third-order valence-corrected chi connectivity index (χ3v) is 3.65. The Morgan fingerprint density at radius 3 is 2.47 bits per heavy atom. The molecule has 0 radical (unpaired) electrons. The number of likely N-dealkylation sites (N-methyl/N-ethyl adjacent to an activating group) is 1. The fraction of sp³-hybridized carbons (Fsp3) is 0.533. The summed E-state index contributed by atoms with van der Waals surface area (Å²) in [6, 6.07) is 10.4. The van der Waals surface area contributed by atoms with E-state index < -0.39 is 0 Å². The van der Waals surface area contributed by atoms with Crippen LogP contribution in [0, 0.1) is 0 Å². The number of hydrogen-bond acceptors (Lipinski definition) is 2. The van der Waals surface area contributed by atoms with Gasteiger partial charge in [0, 0.05) is 6.04 Å². The first kappa shape index (κ1) is 16.0. The third kappa shape index (κ3) is 4.84. The van der Waals surface area contributed by atoms with Crippen LogP contribution in [-0.4, -0.2) is 25.0 Å². The zero-order valence-electron chi connectivity index (χ0n) is 11.4. The minimum atomic E-state index is -0.131. The zero-order chi connectivity index (χ0) is 12.8. The van der Waals surface area contributed by atoms with Crippen molar-refractivity contribution in [2.75, 3.05) is 7.05 Å². The van der Waals surface area contributed by atoms with Crippen LogP contribution in [0.5, 0.6) is 0 Å². The van der Waals surface area contributed by atoms with Gasteiger partial charge in [0.2, 0.25) is 5.91 Å². The fourth-order valence-electron chi connectivity index (χ4n) is 2.55. The lowest BCUT2D eigenvalue weighted by atomic mass is 10.1. The molecule has 1 aliphatic rings. The molecule has 1 unspecified atom stereocenters. The lowest BCUT2D eigenvalue weighted by molar-refractivity contribution is -0.123. The molecule has 4 heteroatoms. The van der Waals surface area contributed by atoms with Crippen molar-refractivity contribution in [2.45, 2.75) is 44.2 Å². The molecule has 1 aromatic rings. The maximum absolute atomic E-state index is 12.2. The van der Waals surface area contributed by atoms with E-state index in [1.54, 1.807) is 0 Å². The lowest BCUT2D eigenvalue weighted by Gasteiger charge is -2.19. The minimum Gasteiger partial charge on any atom is -0.352 e. The summed E-state index contributed by atoms with van der Waals surface area (Å²) in [5, 5.41) is 6.26. The third-order valence-electron chi connectivity index (χ3n) is 3.65. The summed E-state index contributed by atoms with van der Waals surface area (Å²) in [7, 11) is 1.85. The topological polar surface area (TPSA) is 41.1 Å². The van der Waals surface area contributed by atoms with Crippen molar-refractivity contribution in [3.05, 3.63) is 35.9 Å².